The van der Waals surface area contributed by atoms with Gasteiger partial charge in [-0.15, -0.1) is 11.8 Å². The maximum absolute atomic E-state index is 5.83. The van der Waals surface area contributed by atoms with E-state index in [1.54, 1.807) is 0 Å². The molecule has 1 heterocycles. The molecule has 0 spiro atoms. The first-order chi connectivity index (χ1) is 6.77. The van der Waals surface area contributed by atoms with E-state index in [1.165, 1.54) is 12.8 Å². The SMILES string of the molecule is CC#CCCC(NC)C1CCC(C)O1. The topological polar surface area (TPSA) is 21.3 Å². The summed E-state index contributed by atoms with van der Waals surface area (Å²) in [5.74, 6) is 6.03. The summed E-state index contributed by atoms with van der Waals surface area (Å²) in [6, 6.07) is 0.473. The molecule has 1 aliphatic rings. The Morgan fingerprint density at radius 3 is 2.79 bits per heavy atom. The molecule has 14 heavy (non-hydrogen) atoms. The van der Waals surface area contributed by atoms with Crippen LogP contribution in [0.3, 0.4) is 0 Å². The standard InChI is InChI=1S/C12H21NO/c1-4-5-6-7-11(13-3)12-9-8-10(2)14-12/h10-13H,6-9H2,1-3H3. The van der Waals surface area contributed by atoms with Crippen LogP contribution in [0, 0.1) is 11.8 Å². The van der Waals surface area contributed by atoms with Crippen LogP contribution in [0.15, 0.2) is 0 Å². The summed E-state index contributed by atoms with van der Waals surface area (Å²) in [6.45, 7) is 4.04. The van der Waals surface area contributed by atoms with Crippen molar-refractivity contribution in [3.05, 3.63) is 0 Å². The highest BCUT2D eigenvalue weighted by molar-refractivity contribution is 4.96. The van der Waals surface area contributed by atoms with Gasteiger partial charge in [0.05, 0.1) is 12.2 Å². The number of hydrogen-bond donors (Lipinski definition) is 1. The van der Waals surface area contributed by atoms with E-state index in [4.69, 9.17) is 4.74 Å². The molecule has 1 saturated heterocycles. The van der Waals surface area contributed by atoms with Crippen molar-refractivity contribution in [1.29, 1.82) is 0 Å². The number of likely N-dealkylation sites (N-methyl/N-ethyl adjacent to an activating group) is 1. The molecule has 0 aromatic heterocycles. The van der Waals surface area contributed by atoms with Crippen molar-refractivity contribution >= 4 is 0 Å². The van der Waals surface area contributed by atoms with Crippen molar-refractivity contribution in [1.82, 2.24) is 5.32 Å². The lowest BCUT2D eigenvalue weighted by Gasteiger charge is -2.22. The molecule has 0 radical (unpaired) electrons. The predicted octanol–water partition coefficient (Wildman–Crippen LogP) is 1.95. The van der Waals surface area contributed by atoms with Crippen LogP contribution in [-0.2, 0) is 4.74 Å². The van der Waals surface area contributed by atoms with Crippen molar-refractivity contribution < 1.29 is 4.74 Å². The fourth-order valence-electron chi connectivity index (χ4n) is 2.00. The summed E-state index contributed by atoms with van der Waals surface area (Å²) >= 11 is 0. The highest BCUT2D eigenvalue weighted by Gasteiger charge is 2.27. The number of hydrogen-bond acceptors (Lipinski definition) is 2. The summed E-state index contributed by atoms with van der Waals surface area (Å²) < 4.78 is 5.83. The molecule has 1 fully saturated rings. The third-order valence-electron chi connectivity index (χ3n) is 2.84. The second kappa shape index (κ2) is 6.06. The fraction of sp³-hybridized carbons (Fsp3) is 0.833. The average Bonchev–Trinajstić information content (AvgIpc) is 2.60. The first-order valence-electron chi connectivity index (χ1n) is 5.50. The van der Waals surface area contributed by atoms with Crippen LogP contribution in [0.5, 0.6) is 0 Å². The molecule has 1 N–H and O–H groups in total. The zero-order valence-corrected chi connectivity index (χ0v) is 9.47. The third kappa shape index (κ3) is 3.32. The molecule has 1 aliphatic heterocycles. The van der Waals surface area contributed by atoms with Gasteiger partial charge in [-0.1, -0.05) is 0 Å². The Hall–Kier alpha value is -0.520. The van der Waals surface area contributed by atoms with Crippen LogP contribution >= 0.6 is 0 Å². The molecule has 2 nitrogen and oxygen atoms in total. The minimum absolute atomic E-state index is 0.397. The van der Waals surface area contributed by atoms with Crippen LogP contribution in [-0.4, -0.2) is 25.3 Å². The molecule has 0 bridgehead atoms. The maximum Gasteiger partial charge on any atom is 0.0732 e. The number of rotatable bonds is 4. The van der Waals surface area contributed by atoms with Crippen LogP contribution in [0.2, 0.25) is 0 Å². The molecule has 3 atom stereocenters. The zero-order chi connectivity index (χ0) is 10.4. The van der Waals surface area contributed by atoms with E-state index in [1.807, 2.05) is 14.0 Å². The van der Waals surface area contributed by atoms with Gasteiger partial charge in [0.1, 0.15) is 0 Å². The van der Waals surface area contributed by atoms with E-state index in [-0.39, 0.29) is 0 Å². The van der Waals surface area contributed by atoms with Crippen molar-refractivity contribution in [2.75, 3.05) is 7.05 Å². The Morgan fingerprint density at radius 1 is 1.50 bits per heavy atom. The smallest absolute Gasteiger partial charge is 0.0732 e. The fourth-order valence-corrected chi connectivity index (χ4v) is 2.00. The first kappa shape index (κ1) is 11.6. The normalized spacial score (nSPS) is 28.2. The predicted molar refractivity (Wildman–Crippen MR) is 59.1 cm³/mol. The van der Waals surface area contributed by atoms with Crippen LogP contribution in [0.4, 0.5) is 0 Å². The molecule has 0 aromatic carbocycles. The molecule has 2 heteroatoms. The van der Waals surface area contributed by atoms with E-state index in [2.05, 4.69) is 24.1 Å². The second-order valence-corrected chi connectivity index (χ2v) is 3.92. The van der Waals surface area contributed by atoms with Gasteiger partial charge in [-0.3, -0.25) is 0 Å². The molecular formula is C12H21NO. The van der Waals surface area contributed by atoms with Gasteiger partial charge >= 0.3 is 0 Å². The summed E-state index contributed by atoms with van der Waals surface area (Å²) in [5.41, 5.74) is 0. The lowest BCUT2D eigenvalue weighted by Crippen LogP contribution is -2.37. The van der Waals surface area contributed by atoms with Gasteiger partial charge in [0.2, 0.25) is 0 Å². The van der Waals surface area contributed by atoms with Crippen LogP contribution < -0.4 is 5.32 Å². The van der Waals surface area contributed by atoms with Crippen molar-refractivity contribution in [2.45, 2.75) is 57.8 Å². The van der Waals surface area contributed by atoms with Gasteiger partial charge in [0, 0.05) is 12.5 Å². The Kier molecular flexibility index (Phi) is 5.00. The Morgan fingerprint density at radius 2 is 2.29 bits per heavy atom. The van der Waals surface area contributed by atoms with Gasteiger partial charge < -0.3 is 10.1 Å². The second-order valence-electron chi connectivity index (χ2n) is 3.92. The molecule has 3 unspecified atom stereocenters. The molecular weight excluding hydrogens is 174 g/mol. The van der Waals surface area contributed by atoms with Crippen LogP contribution in [0.1, 0.15) is 39.5 Å². The summed E-state index contributed by atoms with van der Waals surface area (Å²) in [4.78, 5) is 0. The molecule has 0 aromatic rings. The maximum atomic E-state index is 5.83. The highest BCUT2D eigenvalue weighted by Crippen LogP contribution is 2.23. The van der Waals surface area contributed by atoms with Gasteiger partial charge in [-0.05, 0) is 40.2 Å². The number of ether oxygens (including phenoxy) is 1. The van der Waals surface area contributed by atoms with E-state index in [0.717, 1.165) is 12.8 Å². The van der Waals surface area contributed by atoms with E-state index in [0.29, 0.717) is 18.2 Å². The first-order valence-corrected chi connectivity index (χ1v) is 5.50. The largest absolute Gasteiger partial charge is 0.374 e. The lowest BCUT2D eigenvalue weighted by atomic mass is 10.0. The summed E-state index contributed by atoms with van der Waals surface area (Å²) in [5, 5.41) is 3.33. The minimum Gasteiger partial charge on any atom is -0.374 e. The number of nitrogens with one attached hydrogen (secondary N) is 1. The molecule has 0 amide bonds. The van der Waals surface area contributed by atoms with Gasteiger partial charge in [0.25, 0.3) is 0 Å². The van der Waals surface area contributed by atoms with E-state index < -0.39 is 0 Å². The quantitative estimate of drug-likeness (QED) is 0.692. The zero-order valence-electron chi connectivity index (χ0n) is 9.47. The van der Waals surface area contributed by atoms with E-state index >= 15 is 0 Å². The van der Waals surface area contributed by atoms with Crippen molar-refractivity contribution in [3.8, 4) is 11.8 Å². The van der Waals surface area contributed by atoms with Gasteiger partial charge in [0.15, 0.2) is 0 Å². The molecule has 80 valence electrons. The molecule has 1 rings (SSSR count). The monoisotopic (exact) mass is 195 g/mol. The minimum atomic E-state index is 0.397. The van der Waals surface area contributed by atoms with E-state index in [9.17, 15) is 0 Å². The van der Waals surface area contributed by atoms with Gasteiger partial charge in [-0.2, -0.15) is 0 Å². The summed E-state index contributed by atoms with van der Waals surface area (Å²) in [7, 11) is 2.01. The van der Waals surface area contributed by atoms with Crippen LogP contribution in [0.25, 0.3) is 0 Å². The average molecular weight is 195 g/mol. The third-order valence-corrected chi connectivity index (χ3v) is 2.84. The van der Waals surface area contributed by atoms with Crippen molar-refractivity contribution in [2.24, 2.45) is 0 Å². The van der Waals surface area contributed by atoms with Gasteiger partial charge in [-0.25, -0.2) is 0 Å². The Bertz CT molecular complexity index is 216. The Labute approximate surface area is 87.4 Å². The molecule has 0 saturated carbocycles. The Balaban J connectivity index is 2.32. The molecule has 0 aliphatic carbocycles. The van der Waals surface area contributed by atoms with Crippen molar-refractivity contribution in [3.63, 3.8) is 0 Å². The highest BCUT2D eigenvalue weighted by atomic mass is 16.5. The lowest BCUT2D eigenvalue weighted by molar-refractivity contribution is 0.0321. The summed E-state index contributed by atoms with van der Waals surface area (Å²) in [6.07, 6.45) is 5.28.